The second-order valence-corrected chi connectivity index (χ2v) is 14.6. The second kappa shape index (κ2) is 10.7. The second-order valence-electron chi connectivity index (χ2n) is 14.6. The zero-order valence-electron chi connectivity index (χ0n) is 26.7. The maximum absolute atomic E-state index is 16.9. The largest absolute Gasteiger partial charge is 0.487 e. The molecule has 6 aliphatic rings. The summed E-state index contributed by atoms with van der Waals surface area (Å²) in [6.07, 6.45) is -3.58. The maximum atomic E-state index is 16.9. The van der Waals surface area contributed by atoms with E-state index in [4.69, 9.17) is 24.9 Å². The van der Waals surface area contributed by atoms with Crippen molar-refractivity contribution >= 4 is 22.5 Å². The topological polar surface area (TPSA) is 111 Å². The Kier molecular flexibility index (Phi) is 6.84. The highest BCUT2D eigenvalue weighted by Crippen LogP contribution is 2.52. The van der Waals surface area contributed by atoms with Crippen molar-refractivity contribution in [3.05, 3.63) is 28.8 Å². The van der Waals surface area contributed by atoms with Gasteiger partial charge >= 0.3 is 12.2 Å². The number of ether oxygens (including phenoxy) is 3. The average Bonchev–Trinajstić information content (AvgIpc) is 3.63. The number of nitrogens with two attached hydrogens (primary N) is 1. The normalized spacial score (nSPS) is 29.9. The van der Waals surface area contributed by atoms with Crippen molar-refractivity contribution < 1.29 is 40.6 Å². The lowest BCUT2D eigenvalue weighted by Crippen LogP contribution is -2.60. The van der Waals surface area contributed by atoms with E-state index in [1.165, 1.54) is 6.92 Å². The summed E-state index contributed by atoms with van der Waals surface area (Å²) in [6.45, 7) is 3.98. The van der Waals surface area contributed by atoms with Crippen LogP contribution in [0.15, 0.2) is 6.07 Å². The van der Waals surface area contributed by atoms with Crippen LogP contribution in [0.2, 0.25) is 0 Å². The highest BCUT2D eigenvalue weighted by molar-refractivity contribution is 6.00. The number of nitrogens with zero attached hydrogens (tertiary/aromatic N) is 5. The lowest BCUT2D eigenvalue weighted by atomic mass is 9.78. The van der Waals surface area contributed by atoms with Gasteiger partial charge < -0.3 is 30.2 Å². The van der Waals surface area contributed by atoms with E-state index in [0.717, 1.165) is 18.9 Å². The van der Waals surface area contributed by atoms with Crippen molar-refractivity contribution in [2.75, 3.05) is 56.7 Å². The first-order valence-electron chi connectivity index (χ1n) is 16.7. The maximum Gasteiger partial charge on any atom is 0.418 e. The molecule has 3 unspecified atom stereocenters. The van der Waals surface area contributed by atoms with Gasteiger partial charge in [-0.2, -0.15) is 23.1 Å². The monoisotopic (exact) mass is 691 g/mol. The zero-order valence-corrected chi connectivity index (χ0v) is 26.7. The average molecular weight is 692 g/mol. The van der Waals surface area contributed by atoms with Gasteiger partial charge in [-0.25, -0.2) is 18.2 Å². The summed E-state index contributed by atoms with van der Waals surface area (Å²) < 4.78 is 110. The minimum atomic E-state index is -5.01. The molecule has 2 bridgehead atoms. The van der Waals surface area contributed by atoms with E-state index in [-0.39, 0.29) is 84.7 Å². The highest BCUT2D eigenvalue weighted by Gasteiger charge is 2.61. The third-order valence-electron chi connectivity index (χ3n) is 11.4. The highest BCUT2D eigenvalue weighted by atomic mass is 19.4. The van der Waals surface area contributed by atoms with Crippen molar-refractivity contribution in [2.45, 2.75) is 75.0 Å². The van der Waals surface area contributed by atoms with Crippen LogP contribution in [0.4, 0.5) is 38.0 Å². The van der Waals surface area contributed by atoms with Gasteiger partial charge in [0.15, 0.2) is 17.4 Å². The summed E-state index contributed by atoms with van der Waals surface area (Å²) in [5.41, 5.74) is 1.11. The molecule has 16 heteroatoms. The Labute approximate surface area is 277 Å². The molecule has 1 spiro atoms. The minimum absolute atomic E-state index is 0.00420. The van der Waals surface area contributed by atoms with Gasteiger partial charge in [-0.3, -0.25) is 4.90 Å². The molecule has 0 radical (unpaired) electrons. The fourth-order valence-corrected chi connectivity index (χ4v) is 9.35. The standard InChI is InChI=1S/C33H35F6N7O3/c1-2-15-5-20(40)42-26(23(15)33(37,38)39)21-24(35)27-22-28(25(21)36)48-9-19-18-4-3-17(41-18)8-46(19)29(22)44-30(43-27)49-14-32-6-16(34)7-45(32)11-31(10-32)12-47-13-31/h5,16-19,41H,2-4,6-14H2,1H3,(H2,40,42)/t16-,17?,18?,19?,32-/m1/s1. The van der Waals surface area contributed by atoms with Crippen molar-refractivity contribution in [3.63, 3.8) is 0 Å². The van der Waals surface area contributed by atoms with Gasteiger partial charge in [-0.1, -0.05) is 6.92 Å². The number of pyridine rings is 1. The van der Waals surface area contributed by atoms with Gasteiger partial charge in [0, 0.05) is 43.6 Å². The van der Waals surface area contributed by atoms with Crippen LogP contribution in [-0.4, -0.2) is 95.7 Å². The first kappa shape index (κ1) is 31.4. The van der Waals surface area contributed by atoms with E-state index >= 15 is 8.78 Å². The summed E-state index contributed by atoms with van der Waals surface area (Å²) in [6, 6.07) is 0.523. The van der Waals surface area contributed by atoms with Crippen LogP contribution in [0.3, 0.4) is 0 Å². The van der Waals surface area contributed by atoms with E-state index in [9.17, 15) is 17.6 Å². The van der Waals surface area contributed by atoms with Crippen LogP contribution in [0.1, 0.15) is 43.7 Å². The Morgan fingerprint density at radius 3 is 2.67 bits per heavy atom. The number of rotatable bonds is 5. The minimum Gasteiger partial charge on any atom is -0.487 e. The summed E-state index contributed by atoms with van der Waals surface area (Å²) in [5.74, 6) is -3.33. The molecule has 2 aromatic heterocycles. The Morgan fingerprint density at radius 1 is 1.12 bits per heavy atom. The number of hydrogen-bond donors (Lipinski definition) is 2. The molecule has 49 heavy (non-hydrogen) atoms. The molecule has 8 heterocycles. The van der Waals surface area contributed by atoms with Gasteiger partial charge in [-0.15, -0.1) is 0 Å². The molecule has 0 aliphatic carbocycles. The fourth-order valence-electron chi connectivity index (χ4n) is 9.35. The molecule has 262 valence electrons. The lowest BCUT2D eigenvalue weighted by Gasteiger charge is -2.40. The predicted molar refractivity (Wildman–Crippen MR) is 165 cm³/mol. The van der Waals surface area contributed by atoms with Gasteiger partial charge in [0.25, 0.3) is 0 Å². The smallest absolute Gasteiger partial charge is 0.418 e. The number of nitrogen functional groups attached to an aromatic ring is 1. The molecule has 3 aromatic rings. The molecular formula is C33H35F6N7O3. The predicted octanol–water partition coefficient (Wildman–Crippen LogP) is 4.42. The number of piperazine rings is 1. The molecule has 5 saturated heterocycles. The van der Waals surface area contributed by atoms with Crippen molar-refractivity contribution in [1.82, 2.24) is 25.2 Å². The van der Waals surface area contributed by atoms with Gasteiger partial charge in [-0.05, 0) is 37.3 Å². The number of halogens is 6. The summed E-state index contributed by atoms with van der Waals surface area (Å²) in [4.78, 5) is 17.0. The first-order valence-corrected chi connectivity index (χ1v) is 16.7. The summed E-state index contributed by atoms with van der Waals surface area (Å²) >= 11 is 0. The number of nitrogens with one attached hydrogen (secondary N) is 1. The van der Waals surface area contributed by atoms with Crippen LogP contribution in [0.25, 0.3) is 22.2 Å². The molecule has 9 rings (SSSR count). The van der Waals surface area contributed by atoms with E-state index in [1.54, 1.807) is 0 Å². The van der Waals surface area contributed by atoms with Crippen molar-refractivity contribution in [1.29, 1.82) is 0 Å². The quantitative estimate of drug-likeness (QED) is 0.374. The van der Waals surface area contributed by atoms with Crippen molar-refractivity contribution in [2.24, 2.45) is 5.41 Å². The zero-order chi connectivity index (χ0) is 34.0. The van der Waals surface area contributed by atoms with Crippen molar-refractivity contribution in [3.8, 4) is 23.0 Å². The van der Waals surface area contributed by atoms with Crippen LogP contribution in [0.5, 0.6) is 11.8 Å². The van der Waals surface area contributed by atoms with Crippen LogP contribution in [-0.2, 0) is 17.3 Å². The number of hydrogen-bond acceptors (Lipinski definition) is 10. The lowest BCUT2D eigenvalue weighted by molar-refractivity contribution is -0.137. The summed E-state index contributed by atoms with van der Waals surface area (Å²) in [7, 11) is 0. The molecule has 0 saturated carbocycles. The van der Waals surface area contributed by atoms with Crippen LogP contribution in [0, 0.1) is 17.0 Å². The summed E-state index contributed by atoms with van der Waals surface area (Å²) in [5, 5.41) is 3.44. The molecule has 5 atom stereocenters. The first-order chi connectivity index (χ1) is 23.4. The number of benzene rings is 1. The Bertz CT molecular complexity index is 1880. The number of anilines is 2. The van der Waals surface area contributed by atoms with Gasteiger partial charge in [0.05, 0.1) is 47.0 Å². The third kappa shape index (κ3) is 4.69. The molecule has 10 nitrogen and oxygen atoms in total. The fraction of sp³-hybridized carbons (Fsp3) is 0.606. The van der Waals surface area contributed by atoms with E-state index in [0.29, 0.717) is 32.7 Å². The molecule has 3 N–H and O–H groups in total. The third-order valence-corrected chi connectivity index (χ3v) is 11.4. The van der Waals surface area contributed by atoms with Crippen LogP contribution >= 0.6 is 0 Å². The Balaban J connectivity index is 1.22. The number of aryl methyl sites for hydroxylation is 1. The molecule has 1 aromatic carbocycles. The number of aromatic nitrogens is 3. The van der Waals surface area contributed by atoms with Gasteiger partial charge in [0.1, 0.15) is 36.5 Å². The SMILES string of the molecule is CCc1cc(N)nc(-c2c(F)c3c4c(nc(OC[C@]56C[C@@H](F)CN5CC5(COC5)C6)nc4c2F)N2CC4CCC(N4)C2CO3)c1C(F)(F)F. The molecule has 5 fully saturated rings. The van der Waals surface area contributed by atoms with E-state index < -0.39 is 57.6 Å². The van der Waals surface area contributed by atoms with E-state index in [1.807, 2.05) is 4.90 Å². The van der Waals surface area contributed by atoms with Crippen LogP contribution < -0.4 is 25.4 Å². The van der Waals surface area contributed by atoms with Gasteiger partial charge in [0.2, 0.25) is 0 Å². The molecule has 6 aliphatic heterocycles. The Hall–Kier alpha value is -3.63. The van der Waals surface area contributed by atoms with E-state index in [2.05, 4.69) is 20.2 Å². The number of alkyl halides is 4. The number of fused-ring (bicyclic) bond motifs is 6. The molecular weight excluding hydrogens is 656 g/mol. The Morgan fingerprint density at radius 2 is 1.94 bits per heavy atom. The molecule has 0 amide bonds.